The molecule has 1 aliphatic heterocycles. The first-order chi connectivity index (χ1) is 35.4. The molecule has 9 nitrogen and oxygen atoms in total. The van der Waals surface area contributed by atoms with E-state index < -0.39 is 43.4 Å². The molecule has 1 aliphatic rings. The normalized spacial score (nSPS) is 19.8. The lowest BCUT2D eigenvalue weighted by atomic mass is 9.99. The summed E-state index contributed by atoms with van der Waals surface area (Å²) in [6.45, 7) is 4.28. The van der Waals surface area contributed by atoms with Gasteiger partial charge in [-0.1, -0.05) is 212 Å². The largest absolute Gasteiger partial charge is 0.457 e. The van der Waals surface area contributed by atoms with Crippen LogP contribution in [-0.2, 0) is 23.7 Å². The first-order valence-corrected chi connectivity index (χ1v) is 28.3. The van der Waals surface area contributed by atoms with Crippen LogP contribution in [0.15, 0.2) is 134 Å². The van der Waals surface area contributed by atoms with E-state index in [1.54, 1.807) is 0 Å². The molecule has 0 aliphatic carbocycles. The van der Waals surface area contributed by atoms with Crippen molar-refractivity contribution in [2.75, 3.05) is 26.4 Å². The van der Waals surface area contributed by atoms with Crippen molar-refractivity contribution in [3.63, 3.8) is 0 Å². The molecule has 0 aromatic heterocycles. The third-order valence-corrected chi connectivity index (χ3v) is 12.1. The quantitative estimate of drug-likeness (QED) is 0.0267. The lowest BCUT2D eigenvalue weighted by molar-refractivity contribution is -0.305. The average molecular weight is 1000 g/mol. The first kappa shape index (κ1) is 66.3. The average Bonchev–Trinajstić information content (AvgIpc) is 3.38. The van der Waals surface area contributed by atoms with Gasteiger partial charge in [0.15, 0.2) is 6.29 Å². The minimum atomic E-state index is -1.55. The molecule has 0 amide bonds. The van der Waals surface area contributed by atoms with E-state index in [-0.39, 0.29) is 19.2 Å². The number of aliphatic hydroxyl groups excluding tert-OH is 4. The minimum absolute atomic E-state index is 0.123. The number of hydrogen-bond acceptors (Lipinski definition) is 9. The Hall–Kier alpha value is -3.67. The van der Waals surface area contributed by atoms with E-state index in [1.807, 2.05) is 0 Å². The summed E-state index contributed by atoms with van der Waals surface area (Å²) in [5, 5.41) is 40.4. The van der Waals surface area contributed by atoms with E-state index in [9.17, 15) is 25.2 Å². The van der Waals surface area contributed by atoms with E-state index >= 15 is 0 Å². The number of carbonyl (C=O) groups is 1. The molecule has 1 fully saturated rings. The molecule has 0 aromatic carbocycles. The topological polar surface area (TPSA) is 135 Å². The van der Waals surface area contributed by atoms with Crippen LogP contribution in [0, 0.1) is 0 Å². The number of hydrogen-bond donors (Lipinski definition) is 4. The predicted octanol–water partition coefficient (Wildman–Crippen LogP) is 14.8. The number of aliphatic hydroxyl groups is 4. The zero-order chi connectivity index (χ0) is 52.1. The lowest BCUT2D eigenvalue weighted by Crippen LogP contribution is -2.59. The molecule has 6 unspecified atom stereocenters. The van der Waals surface area contributed by atoms with Gasteiger partial charge in [-0.15, -0.1) is 0 Å². The summed E-state index contributed by atoms with van der Waals surface area (Å²) in [6.07, 6.45) is 70.5. The van der Waals surface area contributed by atoms with Crippen LogP contribution in [0.1, 0.15) is 194 Å². The van der Waals surface area contributed by atoms with Crippen LogP contribution in [0.4, 0.5) is 0 Å². The number of unbranched alkanes of at least 4 members (excludes halogenated alkanes) is 14. The Morgan fingerprint density at radius 1 is 0.444 bits per heavy atom. The third kappa shape index (κ3) is 41.8. The van der Waals surface area contributed by atoms with E-state index in [0.717, 1.165) is 141 Å². The van der Waals surface area contributed by atoms with Gasteiger partial charge in [-0.3, -0.25) is 4.79 Å². The SMILES string of the molecule is CC/C=C\C/C=C\C/C=C\C/C=C\C/C=C\C/C=C\CCCCCCCCC(=O)OC(COCCCCCCCCCC/C=C\C/C=C\C/C=C\C/C=C\C/C=C\CC)COC1OC(CO)C(O)C(O)C1O. The molecule has 0 bridgehead atoms. The maximum absolute atomic E-state index is 12.9. The summed E-state index contributed by atoms with van der Waals surface area (Å²) in [5.74, 6) is -0.337. The van der Waals surface area contributed by atoms with Gasteiger partial charge in [0, 0.05) is 13.0 Å². The predicted molar refractivity (Wildman–Crippen MR) is 302 cm³/mol. The van der Waals surface area contributed by atoms with Crippen molar-refractivity contribution in [2.24, 2.45) is 0 Å². The van der Waals surface area contributed by atoms with Crippen molar-refractivity contribution < 1.29 is 44.2 Å². The Labute approximate surface area is 439 Å². The molecule has 0 aromatic rings. The van der Waals surface area contributed by atoms with Crippen LogP contribution in [0.5, 0.6) is 0 Å². The molecule has 72 heavy (non-hydrogen) atoms. The molecule has 0 radical (unpaired) electrons. The van der Waals surface area contributed by atoms with Gasteiger partial charge < -0.3 is 39.4 Å². The maximum atomic E-state index is 12.9. The van der Waals surface area contributed by atoms with Crippen LogP contribution >= 0.6 is 0 Å². The number of rotatable bonds is 47. The van der Waals surface area contributed by atoms with Crippen LogP contribution in [0.2, 0.25) is 0 Å². The third-order valence-electron chi connectivity index (χ3n) is 12.1. The van der Waals surface area contributed by atoms with Gasteiger partial charge >= 0.3 is 5.97 Å². The minimum Gasteiger partial charge on any atom is -0.457 e. The van der Waals surface area contributed by atoms with Crippen LogP contribution in [0.3, 0.4) is 0 Å². The molecule has 1 heterocycles. The molecule has 6 atom stereocenters. The number of carbonyl (C=O) groups excluding carboxylic acids is 1. The summed E-state index contributed by atoms with van der Waals surface area (Å²) < 4.78 is 22.9. The lowest BCUT2D eigenvalue weighted by Gasteiger charge is -2.39. The molecule has 1 rings (SSSR count). The Balaban J connectivity index is 2.22. The van der Waals surface area contributed by atoms with Gasteiger partial charge in [0.2, 0.25) is 0 Å². The van der Waals surface area contributed by atoms with Crippen molar-refractivity contribution in [3.8, 4) is 0 Å². The molecular weight excluding hydrogens is 901 g/mol. The maximum Gasteiger partial charge on any atom is 0.306 e. The van der Waals surface area contributed by atoms with Gasteiger partial charge in [-0.2, -0.15) is 0 Å². The Morgan fingerprint density at radius 3 is 1.21 bits per heavy atom. The van der Waals surface area contributed by atoms with Gasteiger partial charge in [-0.25, -0.2) is 0 Å². The highest BCUT2D eigenvalue weighted by atomic mass is 16.7. The van der Waals surface area contributed by atoms with Crippen LogP contribution in [-0.4, -0.2) is 89.6 Å². The summed E-state index contributed by atoms with van der Waals surface area (Å²) in [6, 6.07) is 0. The van der Waals surface area contributed by atoms with Crippen molar-refractivity contribution in [2.45, 2.75) is 230 Å². The number of esters is 1. The Bertz CT molecular complexity index is 1560. The van der Waals surface area contributed by atoms with E-state index in [1.165, 1.54) is 32.1 Å². The molecule has 408 valence electrons. The molecular formula is C63H102O9. The standard InChI is InChI=1S/C63H102O9/c1-3-5-7-9-11-13-15-17-19-21-23-25-27-29-30-32-34-36-38-40-42-44-46-48-50-52-59(65)71-57(56-70-63-62(68)61(67)60(66)58(54-64)72-63)55-69-53-51-49-47-45-43-41-39-37-35-33-31-28-26-24-22-20-18-16-14-12-10-8-6-4-2/h5-8,11-14,17-20,23-26,29-31,33-34,36,57-58,60-64,66-68H,3-4,9-10,15-16,21-22,27-28,32,35,37-56H2,1-2H3/b7-5-,8-6-,13-11-,14-12-,19-17-,20-18-,25-23-,26-24-,30-29-,33-31-,36-34-. The Kier molecular flexibility index (Phi) is 48.1. The van der Waals surface area contributed by atoms with Crippen molar-refractivity contribution in [3.05, 3.63) is 134 Å². The highest BCUT2D eigenvalue weighted by Crippen LogP contribution is 2.23. The van der Waals surface area contributed by atoms with Gasteiger partial charge in [0.1, 0.15) is 30.5 Å². The molecule has 1 saturated heterocycles. The number of allylic oxidation sites excluding steroid dienone is 22. The van der Waals surface area contributed by atoms with Crippen molar-refractivity contribution in [1.29, 1.82) is 0 Å². The monoisotopic (exact) mass is 1000 g/mol. The second-order valence-corrected chi connectivity index (χ2v) is 18.6. The van der Waals surface area contributed by atoms with Crippen molar-refractivity contribution in [1.82, 2.24) is 0 Å². The van der Waals surface area contributed by atoms with Crippen molar-refractivity contribution >= 4 is 5.97 Å². The Morgan fingerprint density at radius 2 is 0.806 bits per heavy atom. The van der Waals surface area contributed by atoms with Gasteiger partial charge in [0.05, 0.1) is 19.8 Å². The van der Waals surface area contributed by atoms with Gasteiger partial charge in [-0.05, 0) is 109 Å². The highest BCUT2D eigenvalue weighted by molar-refractivity contribution is 5.69. The summed E-state index contributed by atoms with van der Waals surface area (Å²) in [5.41, 5.74) is 0. The van der Waals surface area contributed by atoms with E-state index in [4.69, 9.17) is 18.9 Å². The van der Waals surface area contributed by atoms with Crippen LogP contribution in [0.25, 0.3) is 0 Å². The molecule has 0 saturated carbocycles. The summed E-state index contributed by atoms with van der Waals surface area (Å²) in [4.78, 5) is 12.9. The second kappa shape index (κ2) is 52.2. The fourth-order valence-electron chi connectivity index (χ4n) is 7.76. The van der Waals surface area contributed by atoms with Crippen LogP contribution < -0.4 is 0 Å². The molecule has 4 N–H and O–H groups in total. The second-order valence-electron chi connectivity index (χ2n) is 18.6. The fourth-order valence-corrected chi connectivity index (χ4v) is 7.76. The molecule has 9 heteroatoms. The number of ether oxygens (including phenoxy) is 4. The smallest absolute Gasteiger partial charge is 0.306 e. The fraction of sp³-hybridized carbons (Fsp3) is 0.635. The van der Waals surface area contributed by atoms with E-state index in [2.05, 4.69) is 148 Å². The zero-order valence-corrected chi connectivity index (χ0v) is 45.1. The molecule has 0 spiro atoms. The first-order valence-electron chi connectivity index (χ1n) is 28.3. The summed E-state index contributed by atoms with van der Waals surface area (Å²) >= 11 is 0. The van der Waals surface area contributed by atoms with Gasteiger partial charge in [0.25, 0.3) is 0 Å². The van der Waals surface area contributed by atoms with E-state index in [0.29, 0.717) is 13.0 Å². The zero-order valence-electron chi connectivity index (χ0n) is 45.1. The highest BCUT2D eigenvalue weighted by Gasteiger charge is 2.44. The summed E-state index contributed by atoms with van der Waals surface area (Å²) in [7, 11) is 0.